The summed E-state index contributed by atoms with van der Waals surface area (Å²) in [6, 6.07) is 0. The molecule has 0 spiro atoms. The van der Waals surface area contributed by atoms with E-state index in [2.05, 4.69) is 20.1 Å². The minimum absolute atomic E-state index is 0.0101. The lowest BCUT2D eigenvalue weighted by Gasteiger charge is -2.28. The predicted octanol–water partition coefficient (Wildman–Crippen LogP) is 4.01. The van der Waals surface area contributed by atoms with Gasteiger partial charge in [0.15, 0.2) is 13.2 Å². The van der Waals surface area contributed by atoms with Gasteiger partial charge in [-0.3, -0.25) is 0 Å². The number of halogens is 6. The van der Waals surface area contributed by atoms with Crippen molar-refractivity contribution in [2.45, 2.75) is 46.0 Å². The molecule has 0 saturated heterocycles. The van der Waals surface area contributed by atoms with Crippen molar-refractivity contribution < 1.29 is 45.4 Å². The Bertz CT molecular complexity index is 480. The van der Waals surface area contributed by atoms with Crippen LogP contribution < -0.4 is 10.6 Å². The highest BCUT2D eigenvalue weighted by Gasteiger charge is 2.31. The maximum Gasteiger partial charge on any atom is 0.422 e. The third-order valence-corrected chi connectivity index (χ3v) is 3.25. The molecule has 2 amide bonds. The number of hydrogen-bond donors (Lipinski definition) is 2. The average molecular weight is 410 g/mol. The van der Waals surface area contributed by atoms with Gasteiger partial charge >= 0.3 is 24.5 Å². The molecule has 160 valence electrons. The van der Waals surface area contributed by atoms with Crippen LogP contribution in [0.5, 0.6) is 0 Å². The molecule has 1 unspecified atom stereocenters. The van der Waals surface area contributed by atoms with Crippen LogP contribution in [-0.4, -0.2) is 50.8 Å². The minimum Gasteiger partial charge on any atom is -0.440 e. The van der Waals surface area contributed by atoms with Gasteiger partial charge in [0, 0.05) is 13.1 Å². The van der Waals surface area contributed by atoms with Gasteiger partial charge < -0.3 is 20.1 Å². The molecular weight excluding hydrogens is 386 g/mol. The third-order valence-electron chi connectivity index (χ3n) is 3.25. The SMILES string of the molecule is CC(CCNC(=O)OCC(F)(F)F)CC(C)(C)CNC(=O)OCC(F)(F)F. The van der Waals surface area contributed by atoms with E-state index < -0.39 is 43.2 Å². The van der Waals surface area contributed by atoms with Crippen LogP contribution in [-0.2, 0) is 9.47 Å². The van der Waals surface area contributed by atoms with Gasteiger partial charge in [0.1, 0.15) is 0 Å². The van der Waals surface area contributed by atoms with E-state index in [1.54, 1.807) is 13.8 Å². The Balaban J connectivity index is 4.05. The summed E-state index contributed by atoms with van der Waals surface area (Å²) in [7, 11) is 0. The van der Waals surface area contributed by atoms with Gasteiger partial charge in [0.2, 0.25) is 0 Å². The van der Waals surface area contributed by atoms with Crippen molar-refractivity contribution in [2.24, 2.45) is 11.3 Å². The molecule has 27 heavy (non-hydrogen) atoms. The number of nitrogens with one attached hydrogen (secondary N) is 2. The first-order chi connectivity index (χ1) is 12.1. The number of ether oxygens (including phenoxy) is 2. The topological polar surface area (TPSA) is 76.7 Å². The molecule has 0 aliphatic carbocycles. The molecule has 6 nitrogen and oxygen atoms in total. The summed E-state index contributed by atoms with van der Waals surface area (Å²) in [5.74, 6) is 0.0101. The number of alkyl halides is 6. The van der Waals surface area contributed by atoms with Crippen LogP contribution in [0.1, 0.15) is 33.6 Å². The lowest BCUT2D eigenvalue weighted by molar-refractivity contribution is -0.160. The fourth-order valence-electron chi connectivity index (χ4n) is 2.25. The zero-order valence-corrected chi connectivity index (χ0v) is 15.2. The lowest BCUT2D eigenvalue weighted by Crippen LogP contribution is -2.37. The second-order valence-corrected chi connectivity index (χ2v) is 6.93. The minimum atomic E-state index is -4.60. The Hall–Kier alpha value is -1.88. The average Bonchev–Trinajstić information content (AvgIpc) is 2.47. The van der Waals surface area contributed by atoms with Crippen molar-refractivity contribution in [3.63, 3.8) is 0 Å². The fourth-order valence-corrected chi connectivity index (χ4v) is 2.25. The van der Waals surface area contributed by atoms with E-state index in [0.29, 0.717) is 12.8 Å². The number of hydrogen-bond acceptors (Lipinski definition) is 4. The Morgan fingerprint density at radius 2 is 1.33 bits per heavy atom. The Kier molecular flexibility index (Phi) is 9.73. The van der Waals surface area contributed by atoms with Crippen LogP contribution in [0.2, 0.25) is 0 Å². The molecule has 0 aromatic carbocycles. The van der Waals surface area contributed by atoms with E-state index >= 15 is 0 Å². The van der Waals surface area contributed by atoms with Gasteiger partial charge in [-0.1, -0.05) is 20.8 Å². The molecule has 0 rings (SSSR count). The zero-order valence-electron chi connectivity index (χ0n) is 15.2. The zero-order chi connectivity index (χ0) is 21.3. The third kappa shape index (κ3) is 16.0. The summed E-state index contributed by atoms with van der Waals surface area (Å²) in [6.45, 7) is 2.19. The number of alkyl carbamates (subject to hydrolysis) is 2. The number of rotatable bonds is 9. The van der Waals surface area contributed by atoms with E-state index in [9.17, 15) is 35.9 Å². The molecule has 0 bridgehead atoms. The molecular formula is C15H24F6N2O4. The van der Waals surface area contributed by atoms with Crippen LogP contribution in [0.25, 0.3) is 0 Å². The first-order valence-electron chi connectivity index (χ1n) is 8.04. The van der Waals surface area contributed by atoms with Crippen LogP contribution in [0.4, 0.5) is 35.9 Å². The van der Waals surface area contributed by atoms with Crippen molar-refractivity contribution in [3.05, 3.63) is 0 Å². The first-order valence-corrected chi connectivity index (χ1v) is 8.04. The highest BCUT2D eigenvalue weighted by Crippen LogP contribution is 2.26. The van der Waals surface area contributed by atoms with E-state index in [-0.39, 0.29) is 19.0 Å². The molecule has 0 aliphatic rings. The molecule has 0 aliphatic heterocycles. The number of amides is 2. The standard InChI is InChI=1S/C15H24F6N2O4/c1-10(4-5-22-11(24)26-8-14(16,17)18)6-13(2,3)7-23-12(25)27-9-15(19,20)21/h10H,4-9H2,1-3H3,(H,22,24)(H,23,25). The molecule has 0 aromatic rings. The van der Waals surface area contributed by atoms with E-state index in [1.165, 1.54) is 0 Å². The highest BCUT2D eigenvalue weighted by atomic mass is 19.4. The normalized spacial score (nSPS) is 13.7. The van der Waals surface area contributed by atoms with Crippen LogP contribution in [0.15, 0.2) is 0 Å². The molecule has 12 heteroatoms. The van der Waals surface area contributed by atoms with Gasteiger partial charge in [-0.05, 0) is 24.2 Å². The second kappa shape index (κ2) is 10.5. The molecule has 0 heterocycles. The van der Waals surface area contributed by atoms with Gasteiger partial charge in [-0.2, -0.15) is 26.3 Å². The Morgan fingerprint density at radius 1 is 0.889 bits per heavy atom. The van der Waals surface area contributed by atoms with Gasteiger partial charge in [0.25, 0.3) is 0 Å². The Morgan fingerprint density at radius 3 is 1.78 bits per heavy atom. The summed E-state index contributed by atoms with van der Waals surface area (Å²) in [6.07, 6.45) is -10.6. The largest absolute Gasteiger partial charge is 0.440 e. The van der Waals surface area contributed by atoms with Crippen molar-refractivity contribution >= 4 is 12.2 Å². The van der Waals surface area contributed by atoms with Crippen molar-refractivity contribution in [1.82, 2.24) is 10.6 Å². The van der Waals surface area contributed by atoms with Crippen molar-refractivity contribution in [1.29, 1.82) is 0 Å². The van der Waals surface area contributed by atoms with E-state index in [0.717, 1.165) is 0 Å². The Labute approximate surface area is 152 Å². The summed E-state index contributed by atoms with van der Waals surface area (Å²) in [4.78, 5) is 22.3. The molecule has 0 aromatic heterocycles. The van der Waals surface area contributed by atoms with Crippen LogP contribution in [0, 0.1) is 11.3 Å². The van der Waals surface area contributed by atoms with Crippen molar-refractivity contribution in [2.75, 3.05) is 26.3 Å². The highest BCUT2D eigenvalue weighted by molar-refractivity contribution is 5.67. The quantitative estimate of drug-likeness (QED) is 0.564. The summed E-state index contributed by atoms with van der Waals surface area (Å²) >= 11 is 0. The van der Waals surface area contributed by atoms with Crippen LogP contribution in [0.3, 0.4) is 0 Å². The molecule has 2 N–H and O–H groups in total. The molecule has 0 radical (unpaired) electrons. The van der Waals surface area contributed by atoms with Gasteiger partial charge in [-0.25, -0.2) is 9.59 Å². The van der Waals surface area contributed by atoms with Gasteiger partial charge in [-0.15, -0.1) is 0 Å². The van der Waals surface area contributed by atoms with E-state index in [1.807, 2.05) is 6.92 Å². The van der Waals surface area contributed by atoms with E-state index in [4.69, 9.17) is 0 Å². The van der Waals surface area contributed by atoms with Crippen LogP contribution >= 0.6 is 0 Å². The van der Waals surface area contributed by atoms with Crippen molar-refractivity contribution in [3.8, 4) is 0 Å². The number of carbonyl (C=O) groups excluding carboxylic acids is 2. The predicted molar refractivity (Wildman–Crippen MR) is 83.0 cm³/mol. The molecule has 0 saturated carbocycles. The van der Waals surface area contributed by atoms with Gasteiger partial charge in [0.05, 0.1) is 0 Å². The number of carbonyl (C=O) groups is 2. The maximum atomic E-state index is 11.9. The molecule has 1 atom stereocenters. The second-order valence-electron chi connectivity index (χ2n) is 6.93. The maximum absolute atomic E-state index is 11.9. The lowest BCUT2D eigenvalue weighted by atomic mass is 9.82. The monoisotopic (exact) mass is 410 g/mol. The summed E-state index contributed by atoms with van der Waals surface area (Å²) in [5.41, 5.74) is -0.479. The fraction of sp³-hybridized carbons (Fsp3) is 0.867. The first kappa shape index (κ1) is 25.1. The smallest absolute Gasteiger partial charge is 0.422 e. The summed E-state index contributed by atoms with van der Waals surface area (Å²) in [5, 5.41) is 4.44. The summed E-state index contributed by atoms with van der Waals surface area (Å²) < 4.78 is 79.5. The molecule has 0 fully saturated rings.